The van der Waals surface area contributed by atoms with Crippen molar-refractivity contribution in [2.75, 3.05) is 20.3 Å². The van der Waals surface area contributed by atoms with Crippen molar-refractivity contribution in [2.45, 2.75) is 25.3 Å². The number of imidazole rings is 1. The maximum absolute atomic E-state index is 14.4. The van der Waals surface area contributed by atoms with Crippen molar-refractivity contribution in [2.24, 2.45) is 0 Å². The molecule has 0 saturated heterocycles. The lowest BCUT2D eigenvalue weighted by atomic mass is 9.95. The van der Waals surface area contributed by atoms with Crippen molar-refractivity contribution in [1.82, 2.24) is 14.9 Å². The number of nitrogens with zero attached hydrogens (tertiary/aromatic N) is 1. The van der Waals surface area contributed by atoms with Crippen molar-refractivity contribution >= 4 is 34.1 Å². The minimum absolute atomic E-state index is 0.0490. The average Bonchev–Trinajstić information content (AvgIpc) is 3.13. The van der Waals surface area contributed by atoms with Gasteiger partial charge in [0.1, 0.15) is 11.6 Å². The van der Waals surface area contributed by atoms with Crippen LogP contribution in [0.25, 0.3) is 0 Å². The van der Waals surface area contributed by atoms with E-state index in [0.29, 0.717) is 36.6 Å². The molecule has 2 heterocycles. The predicted molar refractivity (Wildman–Crippen MR) is 98.7 cm³/mol. The summed E-state index contributed by atoms with van der Waals surface area (Å²) in [4.78, 5) is 15.1. The topological polar surface area (TPSA) is 59.0 Å². The molecular weight excluding hydrogens is 428 g/mol. The number of amides is 1. The van der Waals surface area contributed by atoms with Gasteiger partial charge >= 0.3 is 0 Å². The number of nitrogens with one attached hydrogen (secondary N) is 2. The Bertz CT molecular complexity index is 897. The Kier molecular flexibility index (Phi) is 5.89. The number of hydrogen-bond donors (Lipinski definition) is 2. The number of ether oxygens (including phenoxy) is 1. The van der Waals surface area contributed by atoms with Gasteiger partial charge in [0.15, 0.2) is 4.77 Å². The number of rotatable bonds is 6. The van der Waals surface area contributed by atoms with Gasteiger partial charge in [-0.15, -0.1) is 0 Å². The number of benzene rings is 1. The molecule has 1 atom stereocenters. The highest BCUT2D eigenvalue weighted by Gasteiger charge is 2.31. The molecule has 2 aromatic rings. The first-order valence-electron chi connectivity index (χ1n) is 8.12. The first kappa shape index (κ1) is 19.2. The molecule has 9 heteroatoms. The second-order valence-corrected chi connectivity index (χ2v) is 7.38. The van der Waals surface area contributed by atoms with E-state index in [1.54, 1.807) is 7.11 Å². The summed E-state index contributed by atoms with van der Waals surface area (Å²) in [5.41, 5.74) is 1.55. The van der Waals surface area contributed by atoms with Crippen molar-refractivity contribution in [3.63, 3.8) is 0 Å². The van der Waals surface area contributed by atoms with Gasteiger partial charge in [-0.05, 0) is 46.7 Å². The number of aromatic nitrogens is 2. The molecule has 0 bridgehead atoms. The molecule has 140 valence electrons. The molecule has 1 aromatic carbocycles. The van der Waals surface area contributed by atoms with E-state index in [9.17, 15) is 13.6 Å². The highest BCUT2D eigenvalue weighted by molar-refractivity contribution is 9.10. The Hall–Kier alpha value is -1.58. The first-order valence-corrected chi connectivity index (χ1v) is 9.32. The van der Waals surface area contributed by atoms with Crippen LogP contribution in [0.3, 0.4) is 0 Å². The third-order valence-corrected chi connectivity index (χ3v) is 5.41. The Morgan fingerprint density at radius 2 is 2.27 bits per heavy atom. The monoisotopic (exact) mass is 445 g/mol. The number of H-pyrrole nitrogens is 1. The van der Waals surface area contributed by atoms with Crippen LogP contribution >= 0.6 is 28.1 Å². The predicted octanol–water partition coefficient (Wildman–Crippen LogP) is 3.23. The standard InChI is InChI=1S/C17H18BrF2N3O2S/c1-25-5-4-21-14(24)7-12-13-6-9(8-23(13)17(26)22-12)15-11(19)3-2-10(18)16(15)20/h2-3,9H,4-8H2,1H3,(H,21,24)(H,22,26)/t9-/m1/s1. The number of aromatic amines is 1. The highest BCUT2D eigenvalue weighted by atomic mass is 79.9. The van der Waals surface area contributed by atoms with Crippen LogP contribution < -0.4 is 5.32 Å². The van der Waals surface area contributed by atoms with Crippen LogP contribution in [0, 0.1) is 16.4 Å². The first-order chi connectivity index (χ1) is 12.4. The van der Waals surface area contributed by atoms with Gasteiger partial charge in [-0.2, -0.15) is 0 Å². The van der Waals surface area contributed by atoms with E-state index in [0.717, 1.165) is 5.69 Å². The van der Waals surface area contributed by atoms with E-state index in [-0.39, 0.29) is 28.3 Å². The molecule has 0 unspecified atom stereocenters. The number of fused-ring (bicyclic) bond motifs is 1. The summed E-state index contributed by atoms with van der Waals surface area (Å²) in [6.07, 6.45) is 0.546. The van der Waals surface area contributed by atoms with Crippen molar-refractivity contribution in [3.8, 4) is 0 Å². The lowest BCUT2D eigenvalue weighted by Crippen LogP contribution is -2.28. The molecule has 0 fully saturated rings. The summed E-state index contributed by atoms with van der Waals surface area (Å²) in [5.74, 6) is -1.69. The van der Waals surface area contributed by atoms with Gasteiger partial charge in [-0.25, -0.2) is 8.78 Å². The van der Waals surface area contributed by atoms with E-state index in [2.05, 4.69) is 26.2 Å². The van der Waals surface area contributed by atoms with E-state index in [4.69, 9.17) is 17.0 Å². The SMILES string of the molecule is COCCNC(=O)Cc1[nH]c(=S)n2c1C[C@@H](c1c(F)ccc(Br)c1F)C2. The molecule has 0 aliphatic carbocycles. The van der Waals surface area contributed by atoms with Gasteiger partial charge in [0.05, 0.1) is 17.5 Å². The molecule has 1 aliphatic rings. The zero-order valence-corrected chi connectivity index (χ0v) is 16.5. The smallest absolute Gasteiger partial charge is 0.226 e. The van der Waals surface area contributed by atoms with Crippen LogP contribution in [0.5, 0.6) is 0 Å². The van der Waals surface area contributed by atoms with Gasteiger partial charge < -0.3 is 19.6 Å². The number of carbonyl (C=O) groups is 1. The number of hydrogen-bond acceptors (Lipinski definition) is 3. The Morgan fingerprint density at radius 1 is 1.50 bits per heavy atom. The summed E-state index contributed by atoms with van der Waals surface area (Å²) in [7, 11) is 1.56. The fourth-order valence-corrected chi connectivity index (χ4v) is 3.92. The van der Waals surface area contributed by atoms with Gasteiger partial charge in [-0.3, -0.25) is 4.79 Å². The van der Waals surface area contributed by atoms with Gasteiger partial charge in [0.25, 0.3) is 0 Å². The van der Waals surface area contributed by atoms with Crippen LogP contribution in [0.15, 0.2) is 16.6 Å². The lowest BCUT2D eigenvalue weighted by Gasteiger charge is -2.13. The van der Waals surface area contributed by atoms with Gasteiger partial charge in [-0.1, -0.05) is 0 Å². The second-order valence-electron chi connectivity index (χ2n) is 6.14. The summed E-state index contributed by atoms with van der Waals surface area (Å²) in [6, 6.07) is 2.60. The van der Waals surface area contributed by atoms with Crippen molar-refractivity contribution in [1.29, 1.82) is 0 Å². The summed E-state index contributed by atoms with van der Waals surface area (Å²) in [6.45, 7) is 1.22. The maximum Gasteiger partial charge on any atom is 0.226 e. The van der Waals surface area contributed by atoms with Gasteiger partial charge in [0, 0.05) is 43.1 Å². The van der Waals surface area contributed by atoms with Gasteiger partial charge in [0.2, 0.25) is 5.91 Å². The molecule has 0 radical (unpaired) electrons. The normalized spacial score (nSPS) is 15.9. The number of methoxy groups -OCH3 is 1. The number of halogens is 3. The van der Waals surface area contributed by atoms with E-state index in [1.807, 2.05) is 4.57 Å². The van der Waals surface area contributed by atoms with Crippen LogP contribution in [-0.4, -0.2) is 35.7 Å². The van der Waals surface area contributed by atoms with Crippen LogP contribution in [0.2, 0.25) is 0 Å². The molecular formula is C17H18BrF2N3O2S. The lowest BCUT2D eigenvalue weighted by molar-refractivity contribution is -0.120. The van der Waals surface area contributed by atoms with E-state index >= 15 is 0 Å². The summed E-state index contributed by atoms with van der Waals surface area (Å²) >= 11 is 8.42. The molecule has 1 aromatic heterocycles. The van der Waals surface area contributed by atoms with Crippen LogP contribution in [0.1, 0.15) is 22.9 Å². The van der Waals surface area contributed by atoms with Crippen LogP contribution in [0.4, 0.5) is 8.78 Å². The third-order valence-electron chi connectivity index (χ3n) is 4.47. The molecule has 1 amide bonds. The molecule has 26 heavy (non-hydrogen) atoms. The zero-order chi connectivity index (χ0) is 18.8. The fraction of sp³-hybridized carbons (Fsp3) is 0.412. The highest BCUT2D eigenvalue weighted by Crippen LogP contribution is 2.36. The largest absolute Gasteiger partial charge is 0.383 e. The molecule has 3 rings (SSSR count). The quantitative estimate of drug-likeness (QED) is 0.407. The maximum atomic E-state index is 14.4. The van der Waals surface area contributed by atoms with Crippen molar-refractivity contribution < 1.29 is 18.3 Å². The Labute approximate surface area is 162 Å². The Morgan fingerprint density at radius 3 is 3.00 bits per heavy atom. The molecule has 2 N–H and O–H groups in total. The van der Waals surface area contributed by atoms with Crippen LogP contribution in [-0.2, 0) is 28.9 Å². The molecule has 0 spiro atoms. The van der Waals surface area contributed by atoms with E-state index < -0.39 is 11.6 Å². The number of carbonyl (C=O) groups excluding carboxylic acids is 1. The third kappa shape index (κ3) is 3.74. The Balaban J connectivity index is 1.81. The van der Waals surface area contributed by atoms with Crippen molar-refractivity contribution in [3.05, 3.63) is 50.0 Å². The molecule has 5 nitrogen and oxygen atoms in total. The minimum Gasteiger partial charge on any atom is -0.383 e. The molecule has 1 aliphatic heterocycles. The summed E-state index contributed by atoms with van der Waals surface area (Å²) in [5, 5.41) is 2.75. The average molecular weight is 446 g/mol. The molecule has 0 saturated carbocycles. The second kappa shape index (κ2) is 7.98. The fourth-order valence-electron chi connectivity index (χ4n) is 3.27. The summed E-state index contributed by atoms with van der Waals surface area (Å²) < 4.78 is 36.0. The zero-order valence-electron chi connectivity index (χ0n) is 14.1. The minimum atomic E-state index is -0.588. The van der Waals surface area contributed by atoms with E-state index in [1.165, 1.54) is 12.1 Å².